The third-order valence-electron chi connectivity index (χ3n) is 7.03. The molecule has 0 unspecified atom stereocenters. The minimum Gasteiger partial charge on any atom is -0.497 e. The molecule has 2 aromatic carbocycles. The fraction of sp³-hybridized carbons (Fsp3) is 0.375. The topological polar surface area (TPSA) is 108 Å². The number of anilines is 1. The second-order valence-corrected chi connectivity index (χ2v) is 9.37. The lowest BCUT2D eigenvalue weighted by molar-refractivity contribution is -0.143. The molecule has 3 aliphatic rings. The van der Waals surface area contributed by atoms with Crippen LogP contribution in [-0.4, -0.2) is 47.0 Å². The van der Waals surface area contributed by atoms with Crippen LogP contribution in [-0.2, 0) is 26.5 Å². The average Bonchev–Trinajstić information content (AvgIpc) is 3.36. The number of ether oxygens (including phenoxy) is 1. The molecule has 0 saturated carbocycles. The standard InChI is InChI=1S/C24H24ClN3O5/c1-11-8-14(25)9-16-19(11)26-23(32)24(16)18-17(20(27-24)12(2)29)21(30)28(22(18)31)10-13-4-6-15(33-3)7-5-13/h4-9,12,17-18,20,27,29H,10H2,1-3H3,(H,26,32)/t12-,17+,18+,20+,24+/m1/s1. The summed E-state index contributed by atoms with van der Waals surface area (Å²) in [7, 11) is 1.56. The number of benzene rings is 2. The minimum absolute atomic E-state index is 0.0698. The maximum atomic E-state index is 13.7. The largest absolute Gasteiger partial charge is 0.497 e. The van der Waals surface area contributed by atoms with E-state index in [1.54, 1.807) is 50.4 Å². The number of fused-ring (bicyclic) bond motifs is 4. The number of halogens is 1. The van der Waals surface area contributed by atoms with Crippen LogP contribution in [0, 0.1) is 18.8 Å². The van der Waals surface area contributed by atoms with Crippen molar-refractivity contribution in [1.82, 2.24) is 10.2 Å². The maximum absolute atomic E-state index is 13.7. The predicted octanol–water partition coefficient (Wildman–Crippen LogP) is 1.96. The highest BCUT2D eigenvalue weighted by molar-refractivity contribution is 6.31. The quantitative estimate of drug-likeness (QED) is 0.591. The third kappa shape index (κ3) is 3.01. The highest BCUT2D eigenvalue weighted by Crippen LogP contribution is 2.54. The molecule has 1 spiro atoms. The highest BCUT2D eigenvalue weighted by atomic mass is 35.5. The molecule has 0 bridgehead atoms. The van der Waals surface area contributed by atoms with Crippen molar-refractivity contribution in [3.05, 3.63) is 58.1 Å². The van der Waals surface area contributed by atoms with Crippen LogP contribution in [0.3, 0.4) is 0 Å². The first-order chi connectivity index (χ1) is 15.7. The van der Waals surface area contributed by atoms with Gasteiger partial charge in [0.05, 0.1) is 31.6 Å². The molecular weight excluding hydrogens is 446 g/mol. The van der Waals surface area contributed by atoms with Crippen molar-refractivity contribution in [1.29, 1.82) is 0 Å². The first-order valence-electron chi connectivity index (χ1n) is 10.7. The fourth-order valence-corrected chi connectivity index (χ4v) is 5.78. The number of amides is 3. The number of imide groups is 1. The van der Waals surface area contributed by atoms with Crippen molar-refractivity contribution in [2.75, 3.05) is 12.4 Å². The number of carbonyl (C=O) groups excluding carboxylic acids is 3. The SMILES string of the molecule is COc1ccc(CN2C(=O)[C@@H]3[C@H]([C@@H](C)O)N[C@]4(C(=O)Nc5c(C)cc(Cl)cc54)[C@@H]3C2=O)cc1. The number of hydrogen-bond acceptors (Lipinski definition) is 6. The molecular formula is C24H24ClN3O5. The van der Waals surface area contributed by atoms with Gasteiger partial charge in [-0.1, -0.05) is 23.7 Å². The Morgan fingerprint density at radius 3 is 2.52 bits per heavy atom. The zero-order valence-corrected chi connectivity index (χ0v) is 19.1. The van der Waals surface area contributed by atoms with Crippen molar-refractivity contribution in [2.45, 2.75) is 38.1 Å². The van der Waals surface area contributed by atoms with Gasteiger partial charge in [-0.3, -0.25) is 24.6 Å². The molecule has 0 radical (unpaired) electrons. The summed E-state index contributed by atoms with van der Waals surface area (Å²) in [5.41, 5.74) is 1.13. The first kappa shape index (κ1) is 21.9. The molecule has 8 nitrogen and oxygen atoms in total. The van der Waals surface area contributed by atoms with Crippen molar-refractivity contribution in [2.24, 2.45) is 11.8 Å². The summed E-state index contributed by atoms with van der Waals surface area (Å²) in [6.45, 7) is 3.44. The maximum Gasteiger partial charge on any atom is 0.250 e. The van der Waals surface area contributed by atoms with Gasteiger partial charge in [0.15, 0.2) is 0 Å². The van der Waals surface area contributed by atoms with Crippen LogP contribution in [0.4, 0.5) is 5.69 Å². The Balaban J connectivity index is 1.60. The number of likely N-dealkylation sites (tertiary alicyclic amines) is 1. The van der Waals surface area contributed by atoms with Gasteiger partial charge in [-0.2, -0.15) is 0 Å². The molecule has 3 amide bonds. The Morgan fingerprint density at radius 1 is 1.18 bits per heavy atom. The minimum atomic E-state index is -1.49. The number of aryl methyl sites for hydroxylation is 1. The Hall–Kier alpha value is -2.94. The van der Waals surface area contributed by atoms with E-state index in [1.165, 1.54) is 4.90 Å². The van der Waals surface area contributed by atoms with Crippen LogP contribution in [0.5, 0.6) is 5.75 Å². The number of nitrogens with zero attached hydrogens (tertiary/aromatic N) is 1. The predicted molar refractivity (Wildman–Crippen MR) is 121 cm³/mol. The number of aliphatic hydroxyl groups excluding tert-OH is 1. The molecule has 3 N–H and O–H groups in total. The van der Waals surface area contributed by atoms with E-state index in [2.05, 4.69) is 10.6 Å². The molecule has 5 atom stereocenters. The van der Waals surface area contributed by atoms with E-state index < -0.39 is 47.2 Å². The second kappa shape index (κ2) is 7.55. The van der Waals surface area contributed by atoms with E-state index >= 15 is 0 Å². The van der Waals surface area contributed by atoms with E-state index in [0.29, 0.717) is 22.0 Å². The van der Waals surface area contributed by atoms with E-state index in [1.807, 2.05) is 6.92 Å². The summed E-state index contributed by atoms with van der Waals surface area (Å²) >= 11 is 6.32. The first-order valence-corrected chi connectivity index (χ1v) is 11.1. The van der Waals surface area contributed by atoms with Crippen molar-refractivity contribution >= 4 is 35.0 Å². The summed E-state index contributed by atoms with van der Waals surface area (Å²) in [6.07, 6.45) is -0.966. The molecule has 2 fully saturated rings. The van der Waals surface area contributed by atoms with Gasteiger partial charge in [0.25, 0.3) is 0 Å². The molecule has 2 aromatic rings. The van der Waals surface area contributed by atoms with Crippen LogP contribution in [0.15, 0.2) is 36.4 Å². The molecule has 0 aliphatic carbocycles. The van der Waals surface area contributed by atoms with Gasteiger partial charge in [0.2, 0.25) is 17.7 Å². The summed E-state index contributed by atoms with van der Waals surface area (Å²) < 4.78 is 5.17. The van der Waals surface area contributed by atoms with Crippen molar-refractivity contribution in [3.63, 3.8) is 0 Å². The molecule has 172 valence electrons. The van der Waals surface area contributed by atoms with Crippen LogP contribution in [0.2, 0.25) is 5.02 Å². The van der Waals surface area contributed by atoms with Gasteiger partial charge in [-0.15, -0.1) is 0 Å². The zero-order valence-electron chi connectivity index (χ0n) is 18.4. The number of hydrogen-bond donors (Lipinski definition) is 3. The summed E-state index contributed by atoms with van der Waals surface area (Å²) in [4.78, 5) is 41.8. The summed E-state index contributed by atoms with van der Waals surface area (Å²) in [5.74, 6) is -2.49. The molecule has 3 aliphatic heterocycles. The smallest absolute Gasteiger partial charge is 0.250 e. The van der Waals surface area contributed by atoms with E-state index in [-0.39, 0.29) is 6.54 Å². The van der Waals surface area contributed by atoms with Crippen LogP contribution >= 0.6 is 11.6 Å². The van der Waals surface area contributed by atoms with Gasteiger partial charge in [-0.05, 0) is 49.2 Å². The summed E-state index contributed by atoms with van der Waals surface area (Å²) in [5, 5.41) is 17.0. The number of aliphatic hydroxyl groups is 1. The van der Waals surface area contributed by atoms with Gasteiger partial charge in [0, 0.05) is 22.3 Å². The lowest BCUT2D eigenvalue weighted by Crippen LogP contribution is -2.54. The number of nitrogens with one attached hydrogen (secondary N) is 2. The van der Waals surface area contributed by atoms with Crippen LogP contribution in [0.1, 0.15) is 23.6 Å². The van der Waals surface area contributed by atoms with Gasteiger partial charge < -0.3 is 15.2 Å². The average molecular weight is 470 g/mol. The zero-order chi connectivity index (χ0) is 23.7. The number of methoxy groups -OCH3 is 1. The number of carbonyl (C=O) groups is 3. The Labute approximate surface area is 195 Å². The molecule has 9 heteroatoms. The van der Waals surface area contributed by atoms with Crippen LogP contribution < -0.4 is 15.4 Å². The van der Waals surface area contributed by atoms with Crippen molar-refractivity contribution < 1.29 is 24.2 Å². The molecule has 33 heavy (non-hydrogen) atoms. The summed E-state index contributed by atoms with van der Waals surface area (Å²) in [6, 6.07) is 9.70. The van der Waals surface area contributed by atoms with Gasteiger partial charge >= 0.3 is 0 Å². The van der Waals surface area contributed by atoms with Crippen LogP contribution in [0.25, 0.3) is 0 Å². The lowest BCUT2D eigenvalue weighted by atomic mass is 9.76. The van der Waals surface area contributed by atoms with E-state index in [9.17, 15) is 19.5 Å². The Kier molecular flexibility index (Phi) is 5.00. The fourth-order valence-electron chi connectivity index (χ4n) is 5.51. The number of rotatable bonds is 4. The molecule has 5 rings (SSSR count). The lowest BCUT2D eigenvalue weighted by Gasteiger charge is -2.30. The van der Waals surface area contributed by atoms with E-state index in [4.69, 9.17) is 16.3 Å². The molecule has 0 aromatic heterocycles. The third-order valence-corrected chi connectivity index (χ3v) is 7.25. The Morgan fingerprint density at radius 2 is 1.88 bits per heavy atom. The van der Waals surface area contributed by atoms with Gasteiger partial charge in [0.1, 0.15) is 11.3 Å². The Bertz CT molecular complexity index is 1180. The van der Waals surface area contributed by atoms with Crippen molar-refractivity contribution in [3.8, 4) is 5.75 Å². The molecule has 2 saturated heterocycles. The monoisotopic (exact) mass is 469 g/mol. The second-order valence-electron chi connectivity index (χ2n) is 8.93. The van der Waals surface area contributed by atoms with E-state index in [0.717, 1.165) is 11.1 Å². The van der Waals surface area contributed by atoms with Gasteiger partial charge in [-0.25, -0.2) is 0 Å². The normalized spacial score (nSPS) is 28.8. The molecule has 3 heterocycles. The highest BCUT2D eigenvalue weighted by Gasteiger charge is 2.71.